The Labute approximate surface area is 149 Å². The first-order chi connectivity index (χ1) is 11.7. The second kappa shape index (κ2) is 9.17. The Morgan fingerprint density at radius 3 is 2.56 bits per heavy atom. The number of nitrogens with one attached hydrogen (secondary N) is 1. The normalized spacial score (nSPS) is 16.4. The van der Waals surface area contributed by atoms with Crippen molar-refractivity contribution in [2.45, 2.75) is 32.6 Å². The van der Waals surface area contributed by atoms with Gasteiger partial charge in [0.15, 0.2) is 5.76 Å². The van der Waals surface area contributed by atoms with E-state index >= 15 is 0 Å². The molecule has 0 saturated heterocycles. The van der Waals surface area contributed by atoms with Crippen LogP contribution in [-0.2, 0) is 4.79 Å². The molecule has 0 fully saturated rings. The van der Waals surface area contributed by atoms with E-state index in [0.29, 0.717) is 0 Å². The molecule has 0 aliphatic carbocycles. The van der Waals surface area contributed by atoms with Gasteiger partial charge in [0.05, 0.1) is 11.8 Å². The Morgan fingerprint density at radius 1 is 1.48 bits per heavy atom. The van der Waals surface area contributed by atoms with Crippen LogP contribution in [-0.4, -0.2) is 22.2 Å². The van der Waals surface area contributed by atoms with Gasteiger partial charge >= 0.3 is 11.4 Å². The average molecular weight is 373 g/mol. The first-order valence-corrected chi connectivity index (χ1v) is 7.90. The van der Waals surface area contributed by atoms with Crippen LogP contribution >= 0.6 is 11.6 Å². The maximum atomic E-state index is 13.4. The molecule has 0 unspecified atom stereocenters. The third kappa shape index (κ3) is 6.19. The molecule has 136 valence electrons. The highest BCUT2D eigenvalue weighted by Gasteiger charge is 2.34. The number of furan rings is 1. The molecule has 0 spiro atoms. The quantitative estimate of drug-likeness (QED) is 0.594. The highest BCUT2D eigenvalue weighted by atomic mass is 35.5. The van der Waals surface area contributed by atoms with Crippen molar-refractivity contribution in [2.24, 2.45) is 4.99 Å². The number of rotatable bonds is 4. The van der Waals surface area contributed by atoms with Crippen LogP contribution < -0.4 is 5.32 Å². The van der Waals surface area contributed by atoms with Crippen LogP contribution in [0.5, 0.6) is 0 Å². The number of nitrogens with zero attached hydrogens (tertiary/aromatic N) is 1. The summed E-state index contributed by atoms with van der Waals surface area (Å²) in [6, 6.07) is 3.11. The third-order valence-electron chi connectivity index (χ3n) is 2.71. The summed E-state index contributed by atoms with van der Waals surface area (Å²) >= 11 is 5.03. The standard InChI is InChI=1S/C14H11ClF2N2O3.C3H8/c1-2-8(13(20)21)6-12-18-9(10-4-3-5-22-10)7-11(19-12)14(15,16)17;1-3-2/h2-7,19H,1H3,(H,20,21);3H2,1-2H3/b8-2-,12-6-;. The van der Waals surface area contributed by atoms with Gasteiger partial charge in [0, 0.05) is 0 Å². The summed E-state index contributed by atoms with van der Waals surface area (Å²) in [6.07, 6.45) is 6.10. The molecular formula is C17H19ClF2N2O3. The van der Waals surface area contributed by atoms with Crippen molar-refractivity contribution in [1.82, 2.24) is 5.32 Å². The predicted octanol–water partition coefficient (Wildman–Crippen LogP) is 4.68. The Balaban J connectivity index is 0.000000970. The van der Waals surface area contributed by atoms with Crippen molar-refractivity contribution in [2.75, 3.05) is 0 Å². The van der Waals surface area contributed by atoms with Crippen LogP contribution in [0.1, 0.15) is 33.0 Å². The monoisotopic (exact) mass is 372 g/mol. The molecule has 0 aromatic carbocycles. The van der Waals surface area contributed by atoms with E-state index in [4.69, 9.17) is 21.1 Å². The van der Waals surface area contributed by atoms with E-state index < -0.39 is 17.0 Å². The average Bonchev–Trinajstić information content (AvgIpc) is 3.06. The molecule has 0 bridgehead atoms. The van der Waals surface area contributed by atoms with Crippen molar-refractivity contribution >= 4 is 23.3 Å². The SMILES string of the molecule is C/C=C(/C=C1/N=C(c2ccco2)C=C(C(F)(F)Cl)N1)C(=O)O.CCC. The second-order valence-corrected chi connectivity index (χ2v) is 5.42. The topological polar surface area (TPSA) is 74.8 Å². The fraction of sp³-hybridized carbons (Fsp3) is 0.294. The predicted molar refractivity (Wildman–Crippen MR) is 92.7 cm³/mol. The maximum absolute atomic E-state index is 13.4. The number of allylic oxidation sites excluding steroid dienone is 3. The molecule has 8 heteroatoms. The van der Waals surface area contributed by atoms with Gasteiger partial charge < -0.3 is 14.8 Å². The van der Waals surface area contributed by atoms with Crippen molar-refractivity contribution in [3.05, 3.63) is 59.5 Å². The van der Waals surface area contributed by atoms with Crippen molar-refractivity contribution in [1.29, 1.82) is 0 Å². The van der Waals surface area contributed by atoms with Gasteiger partial charge in [-0.25, -0.2) is 9.79 Å². The minimum Gasteiger partial charge on any atom is -0.478 e. The fourth-order valence-corrected chi connectivity index (χ4v) is 1.79. The zero-order valence-electron chi connectivity index (χ0n) is 14.0. The molecule has 1 aromatic rings. The molecule has 0 radical (unpaired) electrons. The van der Waals surface area contributed by atoms with Crippen LogP contribution in [0, 0.1) is 0 Å². The molecular weight excluding hydrogens is 354 g/mol. The lowest BCUT2D eigenvalue weighted by Gasteiger charge is -2.20. The molecule has 1 aliphatic rings. The summed E-state index contributed by atoms with van der Waals surface area (Å²) in [5.74, 6) is -1.04. The van der Waals surface area contributed by atoms with Gasteiger partial charge in [0.1, 0.15) is 17.2 Å². The van der Waals surface area contributed by atoms with E-state index in [-0.39, 0.29) is 22.9 Å². The molecule has 25 heavy (non-hydrogen) atoms. The molecule has 2 heterocycles. The van der Waals surface area contributed by atoms with Crippen LogP contribution in [0.15, 0.2) is 63.1 Å². The number of hydrogen-bond donors (Lipinski definition) is 2. The first-order valence-electron chi connectivity index (χ1n) is 7.52. The molecule has 1 aromatic heterocycles. The summed E-state index contributed by atoms with van der Waals surface area (Å²) < 4.78 is 31.8. The molecule has 0 amide bonds. The number of carboxylic acids is 1. The van der Waals surface area contributed by atoms with Crippen LogP contribution in [0.2, 0.25) is 0 Å². The number of halogens is 3. The van der Waals surface area contributed by atoms with Gasteiger partial charge in [-0.1, -0.05) is 26.3 Å². The van der Waals surface area contributed by atoms with Gasteiger partial charge in [0.25, 0.3) is 0 Å². The van der Waals surface area contributed by atoms with E-state index in [2.05, 4.69) is 24.2 Å². The lowest BCUT2D eigenvalue weighted by Crippen LogP contribution is -2.29. The fourth-order valence-electron chi connectivity index (χ4n) is 1.69. The summed E-state index contributed by atoms with van der Waals surface area (Å²) in [4.78, 5) is 15.1. The second-order valence-electron chi connectivity index (χ2n) is 4.94. The van der Waals surface area contributed by atoms with Gasteiger partial charge in [-0.2, -0.15) is 8.78 Å². The Morgan fingerprint density at radius 2 is 2.12 bits per heavy atom. The molecule has 5 nitrogen and oxygen atoms in total. The highest BCUT2D eigenvalue weighted by molar-refractivity contribution is 6.24. The Hall–Kier alpha value is -2.41. The Bertz CT molecular complexity index is 715. The first kappa shape index (κ1) is 20.6. The van der Waals surface area contributed by atoms with Crippen LogP contribution in [0.4, 0.5) is 8.78 Å². The van der Waals surface area contributed by atoms with Crippen molar-refractivity contribution < 1.29 is 23.1 Å². The Kier molecular flexibility index (Phi) is 7.57. The van der Waals surface area contributed by atoms with E-state index in [0.717, 1.165) is 12.2 Å². The van der Waals surface area contributed by atoms with Gasteiger partial charge in [-0.05, 0) is 42.8 Å². The number of alkyl halides is 3. The number of aliphatic carboxylic acids is 1. The lowest BCUT2D eigenvalue weighted by molar-refractivity contribution is -0.132. The van der Waals surface area contributed by atoms with Crippen LogP contribution in [0.25, 0.3) is 0 Å². The van der Waals surface area contributed by atoms with E-state index in [1.165, 1.54) is 31.8 Å². The smallest absolute Gasteiger partial charge is 0.362 e. The van der Waals surface area contributed by atoms with Crippen molar-refractivity contribution in [3.63, 3.8) is 0 Å². The van der Waals surface area contributed by atoms with E-state index in [9.17, 15) is 13.6 Å². The number of carboxylic acid groups (broad SMARTS) is 1. The highest BCUT2D eigenvalue weighted by Crippen LogP contribution is 2.30. The van der Waals surface area contributed by atoms with E-state index in [1.54, 1.807) is 6.07 Å². The molecule has 0 atom stereocenters. The largest absolute Gasteiger partial charge is 0.478 e. The molecule has 2 N–H and O–H groups in total. The molecule has 0 saturated carbocycles. The zero-order valence-corrected chi connectivity index (χ0v) is 14.8. The van der Waals surface area contributed by atoms with Gasteiger partial charge in [-0.3, -0.25) is 0 Å². The maximum Gasteiger partial charge on any atom is 0.362 e. The minimum absolute atomic E-state index is 0.0836. The lowest BCUT2D eigenvalue weighted by atomic mass is 10.2. The summed E-state index contributed by atoms with van der Waals surface area (Å²) in [5, 5.41) is 7.63. The van der Waals surface area contributed by atoms with Gasteiger partial charge in [-0.15, -0.1) is 0 Å². The van der Waals surface area contributed by atoms with Crippen molar-refractivity contribution in [3.8, 4) is 0 Å². The molecule has 1 aliphatic heterocycles. The summed E-state index contributed by atoms with van der Waals surface area (Å²) in [7, 11) is 0. The van der Waals surface area contributed by atoms with E-state index in [1.807, 2.05) is 0 Å². The van der Waals surface area contributed by atoms with Gasteiger partial charge in [0.2, 0.25) is 0 Å². The summed E-state index contributed by atoms with van der Waals surface area (Å²) in [6.45, 7) is 5.76. The number of hydrogen-bond acceptors (Lipinski definition) is 4. The minimum atomic E-state index is -3.66. The van der Waals surface area contributed by atoms with Crippen LogP contribution in [0.3, 0.4) is 0 Å². The zero-order chi connectivity index (χ0) is 19.0. The number of aliphatic imine (C=N–C) groups is 1. The number of carbonyl (C=O) groups is 1. The third-order valence-corrected chi connectivity index (χ3v) is 2.92. The molecule has 2 rings (SSSR count). The summed E-state index contributed by atoms with van der Waals surface area (Å²) in [5.41, 5.74) is -0.627.